The lowest BCUT2D eigenvalue weighted by atomic mass is 10.2. The molecule has 8 nitrogen and oxygen atoms in total. The molecule has 130 valence electrons. The van der Waals surface area contributed by atoms with E-state index < -0.39 is 23.4 Å². The normalized spacial score (nSPS) is 10.0. The number of benzene rings is 2. The molecule has 0 saturated heterocycles. The van der Waals surface area contributed by atoms with Crippen LogP contribution in [0.25, 0.3) is 0 Å². The quantitative estimate of drug-likeness (QED) is 0.491. The van der Waals surface area contributed by atoms with Gasteiger partial charge in [-0.2, -0.15) is 0 Å². The molecule has 0 heterocycles. The smallest absolute Gasteiger partial charge is 0.338 e. The Morgan fingerprint density at radius 3 is 2.44 bits per heavy atom. The van der Waals surface area contributed by atoms with Crippen LogP contribution in [0.15, 0.2) is 48.5 Å². The van der Waals surface area contributed by atoms with E-state index in [4.69, 9.17) is 4.74 Å². The summed E-state index contributed by atoms with van der Waals surface area (Å²) in [5, 5.41) is 13.3. The number of nitro benzene ring substituents is 1. The Hall–Kier alpha value is -3.42. The summed E-state index contributed by atoms with van der Waals surface area (Å²) in [4.78, 5) is 35.7. The Kier molecular flexibility index (Phi) is 5.67. The maximum absolute atomic E-state index is 11.9. The van der Waals surface area contributed by atoms with Crippen LogP contribution in [0, 0.1) is 10.1 Å². The monoisotopic (exact) mass is 343 g/mol. The lowest BCUT2D eigenvalue weighted by molar-refractivity contribution is -0.384. The molecular weight excluding hydrogens is 326 g/mol. The number of anilines is 2. The van der Waals surface area contributed by atoms with Gasteiger partial charge in [-0.25, -0.2) is 4.79 Å². The van der Waals surface area contributed by atoms with Crippen molar-refractivity contribution in [3.05, 3.63) is 64.2 Å². The summed E-state index contributed by atoms with van der Waals surface area (Å²) in [6, 6.07) is 12.3. The summed E-state index contributed by atoms with van der Waals surface area (Å²) < 4.78 is 4.88. The minimum absolute atomic E-state index is 0.0114. The molecule has 0 aliphatic carbocycles. The lowest BCUT2D eigenvalue weighted by Gasteiger charge is -2.13. The maximum atomic E-state index is 11.9. The first kappa shape index (κ1) is 17.9. The third-order valence-electron chi connectivity index (χ3n) is 3.29. The van der Waals surface area contributed by atoms with Crippen LogP contribution in [-0.4, -0.2) is 37.5 Å². The van der Waals surface area contributed by atoms with Crippen LogP contribution >= 0.6 is 0 Å². The van der Waals surface area contributed by atoms with Gasteiger partial charge in [0.05, 0.1) is 10.5 Å². The first-order valence-corrected chi connectivity index (χ1v) is 7.35. The van der Waals surface area contributed by atoms with E-state index in [0.717, 1.165) is 11.8 Å². The van der Waals surface area contributed by atoms with Crippen molar-refractivity contribution in [3.63, 3.8) is 0 Å². The van der Waals surface area contributed by atoms with Crippen molar-refractivity contribution in [3.8, 4) is 0 Å². The molecule has 0 aromatic heterocycles. The molecule has 0 fully saturated rings. The SMILES string of the molecule is CN(C)c1ccc(NC(=O)COC(=O)c2cccc([N+](=O)[O-])c2)cc1. The van der Waals surface area contributed by atoms with Gasteiger partial charge in [-0.3, -0.25) is 14.9 Å². The van der Waals surface area contributed by atoms with Crippen LogP contribution < -0.4 is 10.2 Å². The molecule has 0 aliphatic heterocycles. The van der Waals surface area contributed by atoms with Crippen molar-refractivity contribution < 1.29 is 19.2 Å². The topological polar surface area (TPSA) is 102 Å². The van der Waals surface area contributed by atoms with Gasteiger partial charge in [0.1, 0.15) is 0 Å². The fourth-order valence-corrected chi connectivity index (χ4v) is 2.00. The second-order valence-electron chi connectivity index (χ2n) is 5.37. The summed E-state index contributed by atoms with van der Waals surface area (Å²) in [6.45, 7) is -0.489. The van der Waals surface area contributed by atoms with Crippen molar-refractivity contribution in [2.24, 2.45) is 0 Å². The highest BCUT2D eigenvalue weighted by atomic mass is 16.6. The van der Waals surface area contributed by atoms with E-state index in [2.05, 4.69) is 5.32 Å². The number of nitrogens with one attached hydrogen (secondary N) is 1. The van der Waals surface area contributed by atoms with Crippen molar-refractivity contribution in [1.82, 2.24) is 0 Å². The van der Waals surface area contributed by atoms with Gasteiger partial charge < -0.3 is 15.0 Å². The fourth-order valence-electron chi connectivity index (χ4n) is 2.00. The lowest BCUT2D eigenvalue weighted by Crippen LogP contribution is -2.21. The highest BCUT2D eigenvalue weighted by Crippen LogP contribution is 2.16. The van der Waals surface area contributed by atoms with Gasteiger partial charge in [0.15, 0.2) is 6.61 Å². The number of rotatable bonds is 6. The number of ether oxygens (including phenoxy) is 1. The number of hydrogen-bond donors (Lipinski definition) is 1. The Morgan fingerprint density at radius 2 is 1.84 bits per heavy atom. The molecule has 0 radical (unpaired) electrons. The molecule has 2 aromatic rings. The number of hydrogen-bond acceptors (Lipinski definition) is 6. The molecule has 1 amide bonds. The van der Waals surface area contributed by atoms with Gasteiger partial charge in [-0.15, -0.1) is 0 Å². The number of carbonyl (C=O) groups excluding carboxylic acids is 2. The number of nitro groups is 1. The van der Waals surface area contributed by atoms with Crippen LogP contribution in [0.2, 0.25) is 0 Å². The van der Waals surface area contributed by atoms with Crippen LogP contribution in [-0.2, 0) is 9.53 Å². The second-order valence-corrected chi connectivity index (χ2v) is 5.37. The van der Waals surface area contributed by atoms with E-state index in [9.17, 15) is 19.7 Å². The van der Waals surface area contributed by atoms with Gasteiger partial charge >= 0.3 is 5.97 Å². The van der Waals surface area contributed by atoms with E-state index >= 15 is 0 Å². The Labute approximate surface area is 144 Å². The van der Waals surface area contributed by atoms with E-state index in [1.54, 1.807) is 12.1 Å². The molecule has 25 heavy (non-hydrogen) atoms. The predicted octanol–water partition coefficient (Wildman–Crippen LogP) is 2.46. The van der Waals surface area contributed by atoms with Gasteiger partial charge in [-0.05, 0) is 30.3 Å². The van der Waals surface area contributed by atoms with Crippen molar-refractivity contribution in [2.45, 2.75) is 0 Å². The number of non-ortho nitro benzene ring substituents is 1. The average Bonchev–Trinajstić information content (AvgIpc) is 2.60. The van der Waals surface area contributed by atoms with Gasteiger partial charge in [0.2, 0.25) is 0 Å². The first-order valence-electron chi connectivity index (χ1n) is 7.35. The molecule has 0 saturated carbocycles. The fraction of sp³-hybridized carbons (Fsp3) is 0.176. The zero-order valence-electron chi connectivity index (χ0n) is 13.8. The highest BCUT2D eigenvalue weighted by Gasteiger charge is 2.14. The largest absolute Gasteiger partial charge is 0.452 e. The summed E-state index contributed by atoms with van der Waals surface area (Å²) in [5.74, 6) is -1.31. The molecule has 0 spiro atoms. The van der Waals surface area contributed by atoms with Gasteiger partial charge in [-0.1, -0.05) is 6.07 Å². The molecule has 0 atom stereocenters. The number of esters is 1. The Balaban J connectivity index is 1.90. The molecule has 0 unspecified atom stereocenters. The predicted molar refractivity (Wildman–Crippen MR) is 92.8 cm³/mol. The van der Waals surface area contributed by atoms with E-state index in [-0.39, 0.29) is 11.3 Å². The summed E-state index contributed by atoms with van der Waals surface area (Å²) in [7, 11) is 3.81. The zero-order valence-corrected chi connectivity index (χ0v) is 13.8. The Morgan fingerprint density at radius 1 is 1.16 bits per heavy atom. The van der Waals surface area contributed by atoms with Crippen LogP contribution in [0.5, 0.6) is 0 Å². The van der Waals surface area contributed by atoms with E-state index in [0.29, 0.717) is 5.69 Å². The summed E-state index contributed by atoms with van der Waals surface area (Å²) in [5.41, 5.74) is 1.34. The van der Waals surface area contributed by atoms with Crippen molar-refractivity contribution in [1.29, 1.82) is 0 Å². The molecule has 2 aromatic carbocycles. The third kappa shape index (κ3) is 5.03. The molecule has 8 heteroatoms. The first-order chi connectivity index (χ1) is 11.9. The van der Waals surface area contributed by atoms with Crippen LogP contribution in [0.3, 0.4) is 0 Å². The zero-order chi connectivity index (χ0) is 18.4. The van der Waals surface area contributed by atoms with Gasteiger partial charge in [0.25, 0.3) is 11.6 Å². The molecular formula is C17H17N3O5. The average molecular weight is 343 g/mol. The molecule has 0 aliphatic rings. The molecule has 1 N–H and O–H groups in total. The van der Waals surface area contributed by atoms with Crippen molar-refractivity contribution in [2.75, 3.05) is 30.9 Å². The molecule has 2 rings (SSSR count). The minimum Gasteiger partial charge on any atom is -0.452 e. The maximum Gasteiger partial charge on any atom is 0.338 e. The second kappa shape index (κ2) is 7.91. The van der Waals surface area contributed by atoms with Crippen LogP contribution in [0.1, 0.15) is 10.4 Å². The number of carbonyl (C=O) groups is 2. The highest BCUT2D eigenvalue weighted by molar-refractivity contribution is 5.95. The Bertz CT molecular complexity index is 787. The summed E-state index contributed by atoms with van der Waals surface area (Å²) >= 11 is 0. The number of amides is 1. The summed E-state index contributed by atoms with van der Waals surface area (Å²) in [6.07, 6.45) is 0. The minimum atomic E-state index is -0.804. The van der Waals surface area contributed by atoms with Gasteiger partial charge in [0, 0.05) is 37.6 Å². The van der Waals surface area contributed by atoms with E-state index in [1.165, 1.54) is 18.2 Å². The van der Waals surface area contributed by atoms with Crippen LogP contribution in [0.4, 0.5) is 17.1 Å². The standard InChI is InChI=1S/C17H17N3O5/c1-19(2)14-8-6-13(7-9-14)18-16(21)11-25-17(22)12-4-3-5-15(10-12)20(23)24/h3-10H,11H2,1-2H3,(H,18,21). The molecule has 0 bridgehead atoms. The van der Waals surface area contributed by atoms with E-state index in [1.807, 2.05) is 31.1 Å². The van der Waals surface area contributed by atoms with Crippen molar-refractivity contribution >= 4 is 28.9 Å². The third-order valence-corrected chi connectivity index (χ3v) is 3.29. The number of nitrogens with zero attached hydrogens (tertiary/aromatic N) is 2.